The van der Waals surface area contributed by atoms with Crippen LogP contribution in [0.1, 0.15) is 24.0 Å². The van der Waals surface area contributed by atoms with Crippen molar-refractivity contribution in [2.45, 2.75) is 26.3 Å². The zero-order chi connectivity index (χ0) is 21.1. The number of carbonyl (C=O) groups is 2. The second-order valence-corrected chi connectivity index (χ2v) is 7.79. The van der Waals surface area contributed by atoms with Crippen molar-refractivity contribution in [3.8, 4) is 0 Å². The summed E-state index contributed by atoms with van der Waals surface area (Å²) in [4.78, 5) is 29.4. The number of aryl methyl sites for hydroxylation is 1. The highest BCUT2D eigenvalue weighted by molar-refractivity contribution is 6.40. The molecule has 0 N–H and O–H groups in total. The molecule has 2 aromatic carbocycles. The third kappa shape index (κ3) is 4.57. The lowest BCUT2D eigenvalue weighted by molar-refractivity contribution is -0.126. The smallest absolute Gasteiger partial charge is 0.270 e. The van der Waals surface area contributed by atoms with Crippen LogP contribution in [0.2, 0.25) is 0 Å². The molecule has 0 bridgehead atoms. The number of nitrogens with zero attached hydrogens (tertiary/aromatic N) is 4. The van der Waals surface area contributed by atoms with Crippen LogP contribution in [-0.4, -0.2) is 53.5 Å². The monoisotopic (exact) mass is 408 g/mol. The fourth-order valence-electron chi connectivity index (χ4n) is 3.81. The summed E-state index contributed by atoms with van der Waals surface area (Å²) < 4.78 is 13.1. The second-order valence-electron chi connectivity index (χ2n) is 7.79. The highest BCUT2D eigenvalue weighted by Crippen LogP contribution is 2.22. The van der Waals surface area contributed by atoms with Crippen molar-refractivity contribution in [2.24, 2.45) is 5.10 Å². The van der Waals surface area contributed by atoms with Gasteiger partial charge in [0.2, 0.25) is 5.91 Å². The van der Waals surface area contributed by atoms with Crippen molar-refractivity contribution in [1.82, 2.24) is 9.80 Å². The Kier molecular flexibility index (Phi) is 5.90. The summed E-state index contributed by atoms with van der Waals surface area (Å²) in [6, 6.07) is 14.1. The van der Waals surface area contributed by atoms with Crippen LogP contribution < -0.4 is 5.01 Å². The van der Waals surface area contributed by atoms with Crippen molar-refractivity contribution in [3.63, 3.8) is 0 Å². The van der Waals surface area contributed by atoms with Gasteiger partial charge in [0.1, 0.15) is 11.5 Å². The number of carbonyl (C=O) groups excluding carboxylic acids is 2. The molecule has 2 aromatic rings. The van der Waals surface area contributed by atoms with Crippen molar-refractivity contribution in [2.75, 3.05) is 31.2 Å². The molecule has 0 spiro atoms. The third-order valence-corrected chi connectivity index (χ3v) is 5.50. The minimum atomic E-state index is -0.236. The first-order chi connectivity index (χ1) is 14.5. The van der Waals surface area contributed by atoms with E-state index in [4.69, 9.17) is 0 Å². The molecule has 30 heavy (non-hydrogen) atoms. The minimum Gasteiger partial charge on any atom is -0.335 e. The molecule has 0 aliphatic carbocycles. The zero-order valence-corrected chi connectivity index (χ0v) is 17.1. The van der Waals surface area contributed by atoms with E-state index in [0.29, 0.717) is 30.9 Å². The number of benzene rings is 2. The van der Waals surface area contributed by atoms with Crippen molar-refractivity contribution in [1.29, 1.82) is 0 Å². The lowest BCUT2D eigenvalue weighted by atomic mass is 10.1. The van der Waals surface area contributed by atoms with Gasteiger partial charge in [-0.2, -0.15) is 5.10 Å². The van der Waals surface area contributed by atoms with Gasteiger partial charge in [-0.15, -0.1) is 0 Å². The van der Waals surface area contributed by atoms with E-state index in [1.54, 1.807) is 12.1 Å². The van der Waals surface area contributed by atoms with Gasteiger partial charge in [0.15, 0.2) is 0 Å². The molecule has 0 aromatic heterocycles. The Morgan fingerprint density at radius 3 is 2.47 bits per heavy atom. The van der Waals surface area contributed by atoms with Crippen LogP contribution in [-0.2, 0) is 16.1 Å². The number of piperazine rings is 1. The molecule has 156 valence electrons. The van der Waals surface area contributed by atoms with E-state index in [1.807, 2.05) is 36.1 Å². The molecule has 1 saturated heterocycles. The molecule has 1 fully saturated rings. The summed E-state index contributed by atoms with van der Waals surface area (Å²) in [5.41, 5.74) is 3.21. The van der Waals surface area contributed by atoms with Gasteiger partial charge in [-0.05, 0) is 42.3 Å². The van der Waals surface area contributed by atoms with E-state index in [9.17, 15) is 14.0 Å². The third-order valence-electron chi connectivity index (χ3n) is 5.50. The molecule has 0 saturated carbocycles. The first-order valence-corrected chi connectivity index (χ1v) is 10.2. The largest absolute Gasteiger partial charge is 0.335 e. The Morgan fingerprint density at radius 1 is 1.03 bits per heavy atom. The Balaban J connectivity index is 1.39. The first-order valence-electron chi connectivity index (χ1n) is 10.2. The van der Waals surface area contributed by atoms with Crippen LogP contribution in [0.15, 0.2) is 53.6 Å². The molecule has 6 nitrogen and oxygen atoms in total. The van der Waals surface area contributed by atoms with Gasteiger partial charge in [0.05, 0.1) is 5.69 Å². The lowest BCUT2D eigenvalue weighted by Crippen LogP contribution is -2.51. The molecular formula is C23H25FN4O2. The average Bonchev–Trinajstić information content (AvgIpc) is 2.76. The van der Waals surface area contributed by atoms with Gasteiger partial charge in [-0.25, -0.2) is 9.40 Å². The molecule has 2 aliphatic rings. The van der Waals surface area contributed by atoms with Gasteiger partial charge < -0.3 is 4.90 Å². The van der Waals surface area contributed by atoms with Crippen molar-refractivity contribution >= 4 is 23.2 Å². The Hall–Kier alpha value is -3.06. The molecule has 0 unspecified atom stereocenters. The topological polar surface area (TPSA) is 56.2 Å². The van der Waals surface area contributed by atoms with Gasteiger partial charge >= 0.3 is 0 Å². The molecule has 0 atom stereocenters. The summed E-state index contributed by atoms with van der Waals surface area (Å²) in [5, 5.41) is 5.76. The molecule has 7 heteroatoms. The predicted octanol–water partition coefficient (Wildman–Crippen LogP) is 2.96. The van der Waals surface area contributed by atoms with Crippen LogP contribution in [0, 0.1) is 12.7 Å². The number of hydrogen-bond acceptors (Lipinski definition) is 4. The number of halogens is 1. The van der Waals surface area contributed by atoms with Gasteiger partial charge in [0.25, 0.3) is 5.91 Å². The Morgan fingerprint density at radius 2 is 1.77 bits per heavy atom. The molecule has 2 heterocycles. The summed E-state index contributed by atoms with van der Waals surface area (Å²) >= 11 is 0. The number of rotatable bonds is 4. The van der Waals surface area contributed by atoms with Gasteiger partial charge in [0, 0.05) is 45.6 Å². The maximum absolute atomic E-state index is 13.1. The molecule has 0 radical (unpaired) electrons. The lowest BCUT2D eigenvalue weighted by Gasteiger charge is -2.35. The van der Waals surface area contributed by atoms with Crippen LogP contribution >= 0.6 is 0 Å². The van der Waals surface area contributed by atoms with Crippen molar-refractivity contribution < 1.29 is 14.0 Å². The minimum absolute atomic E-state index is 0.0958. The van der Waals surface area contributed by atoms with E-state index < -0.39 is 0 Å². The zero-order valence-electron chi connectivity index (χ0n) is 17.1. The number of hydrogen-bond donors (Lipinski definition) is 0. The maximum Gasteiger partial charge on any atom is 0.270 e. The highest BCUT2D eigenvalue weighted by atomic mass is 19.1. The summed E-state index contributed by atoms with van der Waals surface area (Å²) in [5.74, 6) is -0.427. The molecule has 2 aliphatic heterocycles. The van der Waals surface area contributed by atoms with E-state index in [0.717, 1.165) is 30.8 Å². The molecule has 2 amide bonds. The summed E-state index contributed by atoms with van der Waals surface area (Å²) in [7, 11) is 0. The van der Waals surface area contributed by atoms with Crippen LogP contribution in [0.5, 0.6) is 0 Å². The van der Waals surface area contributed by atoms with Crippen LogP contribution in [0.25, 0.3) is 0 Å². The van der Waals surface area contributed by atoms with Crippen LogP contribution in [0.3, 0.4) is 0 Å². The van der Waals surface area contributed by atoms with Crippen LogP contribution in [0.4, 0.5) is 10.1 Å². The van der Waals surface area contributed by atoms with Gasteiger partial charge in [-0.3, -0.25) is 14.5 Å². The summed E-state index contributed by atoms with van der Waals surface area (Å²) in [6.07, 6.45) is 0.652. The SMILES string of the molecule is Cc1cccc(N2N=C(C(=O)N3CCN(Cc4ccc(F)cc4)CC3)CCC2=O)c1. The standard InChI is InChI=1S/C23H25FN4O2/c1-17-3-2-4-20(15-17)28-22(29)10-9-21(25-28)23(30)27-13-11-26(12-14-27)16-18-5-7-19(24)8-6-18/h2-8,15H,9-14,16H2,1H3. The van der Waals surface area contributed by atoms with E-state index in [2.05, 4.69) is 10.0 Å². The highest BCUT2D eigenvalue weighted by Gasteiger charge is 2.30. The second kappa shape index (κ2) is 8.75. The van der Waals surface area contributed by atoms with Crippen molar-refractivity contribution in [3.05, 3.63) is 65.5 Å². The number of amides is 2. The van der Waals surface area contributed by atoms with E-state index in [1.165, 1.54) is 17.1 Å². The quantitative estimate of drug-likeness (QED) is 0.782. The Bertz CT molecular complexity index is 965. The maximum atomic E-state index is 13.1. The van der Waals surface area contributed by atoms with Gasteiger partial charge in [-0.1, -0.05) is 24.3 Å². The van der Waals surface area contributed by atoms with E-state index in [-0.39, 0.29) is 24.1 Å². The molecular weight excluding hydrogens is 383 g/mol. The average molecular weight is 408 g/mol. The Labute approximate surface area is 175 Å². The van der Waals surface area contributed by atoms with E-state index >= 15 is 0 Å². The number of anilines is 1. The number of hydrazone groups is 1. The fourth-order valence-corrected chi connectivity index (χ4v) is 3.81. The normalized spacial score (nSPS) is 17.8. The molecule has 4 rings (SSSR count). The predicted molar refractivity (Wildman–Crippen MR) is 114 cm³/mol. The fraction of sp³-hybridized carbons (Fsp3) is 0.348. The summed E-state index contributed by atoms with van der Waals surface area (Å²) in [6.45, 7) is 5.40. The first kappa shape index (κ1) is 20.2.